The first-order valence-corrected chi connectivity index (χ1v) is 7.45. The molecule has 0 aliphatic heterocycles. The van der Waals surface area contributed by atoms with Crippen molar-refractivity contribution in [1.82, 2.24) is 0 Å². The summed E-state index contributed by atoms with van der Waals surface area (Å²) in [4.78, 5) is 11.8. The average molecular weight is 367 g/mol. The van der Waals surface area contributed by atoms with Crippen molar-refractivity contribution >= 4 is 23.5 Å². The molecule has 25 heavy (non-hydrogen) atoms. The van der Waals surface area contributed by atoms with Gasteiger partial charge in [-0.05, 0) is 54.6 Å². The zero-order valence-corrected chi connectivity index (χ0v) is 13.3. The third-order valence-corrected chi connectivity index (χ3v) is 3.68. The molecule has 0 radical (unpaired) electrons. The van der Waals surface area contributed by atoms with E-state index in [1.165, 1.54) is 36.6 Å². The minimum atomic E-state index is -4.48. The summed E-state index contributed by atoms with van der Waals surface area (Å²) in [7, 11) is 0. The number of hydrogen-bond acceptors (Lipinski definition) is 3. The maximum absolute atomic E-state index is 12.8. The summed E-state index contributed by atoms with van der Waals surface area (Å²) in [6.07, 6.45) is -0.461. The van der Waals surface area contributed by atoms with Crippen molar-refractivity contribution in [3.63, 3.8) is 0 Å². The molecule has 128 valence electrons. The van der Waals surface area contributed by atoms with Gasteiger partial charge in [0, 0.05) is 5.56 Å². The molecule has 0 unspecified atom stereocenters. The van der Waals surface area contributed by atoms with E-state index in [-0.39, 0.29) is 27.9 Å². The molecule has 0 saturated heterocycles. The number of carbonyl (C=O) groups excluding carboxylic acids is 1. The Labute approximate surface area is 145 Å². The Balaban J connectivity index is 1.85. The highest BCUT2D eigenvalue weighted by atomic mass is 35.5. The van der Waals surface area contributed by atoms with Crippen LogP contribution < -0.4 is 0 Å². The molecule has 0 atom stereocenters. The first kappa shape index (κ1) is 17.1. The molecule has 3 rings (SSSR count). The second-order valence-corrected chi connectivity index (χ2v) is 5.48. The number of halogens is 4. The zero-order valence-electron chi connectivity index (χ0n) is 12.5. The first-order valence-electron chi connectivity index (χ1n) is 7.07. The second kappa shape index (κ2) is 6.64. The lowest BCUT2D eigenvalue weighted by atomic mass is 10.1. The lowest BCUT2D eigenvalue weighted by Crippen LogP contribution is -2.04. The van der Waals surface area contributed by atoms with Crippen molar-refractivity contribution in [3.8, 4) is 11.3 Å². The molecule has 1 aromatic carbocycles. The SMILES string of the molecule is O=C(/C=C/c1ccc(-c2cc(C(F)(F)F)ccc2Cl)o1)c1ccco1. The maximum Gasteiger partial charge on any atom is 0.416 e. The monoisotopic (exact) mass is 366 g/mol. The lowest BCUT2D eigenvalue weighted by molar-refractivity contribution is -0.137. The Morgan fingerprint density at radius 3 is 2.60 bits per heavy atom. The van der Waals surface area contributed by atoms with Gasteiger partial charge in [0.25, 0.3) is 0 Å². The molecule has 2 aromatic heterocycles. The number of alkyl halides is 3. The Hall–Kier alpha value is -2.73. The van der Waals surface area contributed by atoms with Crippen LogP contribution in [0.3, 0.4) is 0 Å². The average Bonchev–Trinajstić information content (AvgIpc) is 3.24. The van der Waals surface area contributed by atoms with Gasteiger partial charge in [0.05, 0.1) is 16.8 Å². The molecule has 2 heterocycles. The number of benzene rings is 1. The smallest absolute Gasteiger partial charge is 0.416 e. The van der Waals surface area contributed by atoms with E-state index < -0.39 is 11.7 Å². The minimum Gasteiger partial charge on any atom is -0.461 e. The number of carbonyl (C=O) groups is 1. The summed E-state index contributed by atoms with van der Waals surface area (Å²) in [6.45, 7) is 0. The number of hydrogen-bond donors (Lipinski definition) is 0. The van der Waals surface area contributed by atoms with Gasteiger partial charge in [-0.25, -0.2) is 0 Å². The molecular weight excluding hydrogens is 357 g/mol. The van der Waals surface area contributed by atoms with Gasteiger partial charge in [-0.2, -0.15) is 13.2 Å². The fraction of sp³-hybridized carbons (Fsp3) is 0.0556. The van der Waals surface area contributed by atoms with Gasteiger partial charge in [-0.1, -0.05) is 11.6 Å². The maximum atomic E-state index is 12.8. The third-order valence-electron chi connectivity index (χ3n) is 3.35. The fourth-order valence-corrected chi connectivity index (χ4v) is 2.35. The summed E-state index contributed by atoms with van der Waals surface area (Å²) >= 11 is 5.97. The molecule has 0 amide bonds. The Morgan fingerprint density at radius 1 is 1.12 bits per heavy atom. The van der Waals surface area contributed by atoms with Crippen LogP contribution in [0.4, 0.5) is 13.2 Å². The summed E-state index contributed by atoms with van der Waals surface area (Å²) in [5.41, 5.74) is -0.707. The van der Waals surface area contributed by atoms with Crippen LogP contribution >= 0.6 is 11.6 Å². The second-order valence-electron chi connectivity index (χ2n) is 5.07. The standard InChI is InChI=1S/C18H10ClF3O3/c19-14-6-3-11(18(20,21)22)10-13(14)16-8-5-12(25-16)4-7-15(23)17-2-1-9-24-17/h1-10H/b7-4+. The van der Waals surface area contributed by atoms with Crippen molar-refractivity contribution in [2.45, 2.75) is 6.18 Å². The third kappa shape index (κ3) is 3.85. The van der Waals surface area contributed by atoms with E-state index >= 15 is 0 Å². The van der Waals surface area contributed by atoms with Gasteiger partial charge in [0.2, 0.25) is 5.78 Å². The van der Waals surface area contributed by atoms with Gasteiger partial charge >= 0.3 is 6.18 Å². The number of ketones is 1. The topological polar surface area (TPSA) is 43.4 Å². The summed E-state index contributed by atoms with van der Waals surface area (Å²) in [5, 5.41) is 0.129. The predicted octanol–water partition coefficient (Wildman–Crippen LogP) is 6.11. The molecule has 3 aromatic rings. The van der Waals surface area contributed by atoms with Crippen LogP contribution in [-0.4, -0.2) is 5.78 Å². The lowest BCUT2D eigenvalue weighted by Gasteiger charge is -2.09. The van der Waals surface area contributed by atoms with Gasteiger partial charge in [0.15, 0.2) is 5.76 Å². The van der Waals surface area contributed by atoms with E-state index in [0.29, 0.717) is 5.76 Å². The van der Waals surface area contributed by atoms with E-state index in [0.717, 1.165) is 18.2 Å². The van der Waals surface area contributed by atoms with E-state index in [1.807, 2.05) is 0 Å². The van der Waals surface area contributed by atoms with Gasteiger partial charge in [-0.3, -0.25) is 4.79 Å². The largest absolute Gasteiger partial charge is 0.461 e. The van der Waals surface area contributed by atoms with Crippen molar-refractivity contribution < 1.29 is 26.8 Å². The molecule has 0 saturated carbocycles. The number of rotatable bonds is 4. The van der Waals surface area contributed by atoms with Crippen LogP contribution in [0.5, 0.6) is 0 Å². The molecule has 0 N–H and O–H groups in total. The van der Waals surface area contributed by atoms with E-state index in [9.17, 15) is 18.0 Å². The van der Waals surface area contributed by atoms with E-state index in [1.54, 1.807) is 6.07 Å². The van der Waals surface area contributed by atoms with Crippen LogP contribution in [0.1, 0.15) is 21.9 Å². The number of furan rings is 2. The van der Waals surface area contributed by atoms with Crippen LogP contribution in [0.2, 0.25) is 5.02 Å². The number of allylic oxidation sites excluding steroid dienone is 1. The normalized spacial score (nSPS) is 12.0. The quantitative estimate of drug-likeness (QED) is 0.413. The van der Waals surface area contributed by atoms with Crippen molar-refractivity contribution in [2.75, 3.05) is 0 Å². The Bertz CT molecular complexity index is 921. The molecule has 0 aliphatic rings. The Kier molecular flexibility index (Phi) is 4.55. The molecule has 0 bridgehead atoms. The van der Waals surface area contributed by atoms with Crippen LogP contribution in [0.15, 0.2) is 63.6 Å². The van der Waals surface area contributed by atoms with Crippen LogP contribution in [0, 0.1) is 0 Å². The fourth-order valence-electron chi connectivity index (χ4n) is 2.14. The Morgan fingerprint density at radius 2 is 1.92 bits per heavy atom. The van der Waals surface area contributed by atoms with Crippen molar-refractivity contribution in [2.24, 2.45) is 0 Å². The summed E-state index contributed by atoms with van der Waals surface area (Å²) in [5.74, 6) is 0.272. The highest BCUT2D eigenvalue weighted by molar-refractivity contribution is 6.33. The molecule has 7 heteroatoms. The van der Waals surface area contributed by atoms with Gasteiger partial charge in [0.1, 0.15) is 11.5 Å². The van der Waals surface area contributed by atoms with Gasteiger partial charge < -0.3 is 8.83 Å². The molecule has 0 fully saturated rings. The van der Waals surface area contributed by atoms with Gasteiger partial charge in [-0.15, -0.1) is 0 Å². The predicted molar refractivity (Wildman–Crippen MR) is 86.2 cm³/mol. The molecule has 3 nitrogen and oxygen atoms in total. The minimum absolute atomic E-state index is 0.119. The highest BCUT2D eigenvalue weighted by Crippen LogP contribution is 2.36. The van der Waals surface area contributed by atoms with Crippen molar-refractivity contribution in [3.05, 3.63) is 76.9 Å². The molecule has 0 aliphatic carbocycles. The summed E-state index contributed by atoms with van der Waals surface area (Å²) in [6, 6.07) is 9.10. The molecular formula is C18H10ClF3O3. The van der Waals surface area contributed by atoms with Crippen molar-refractivity contribution in [1.29, 1.82) is 0 Å². The first-order chi connectivity index (χ1) is 11.8. The highest BCUT2D eigenvalue weighted by Gasteiger charge is 2.31. The molecule has 0 spiro atoms. The zero-order chi connectivity index (χ0) is 18.0. The van der Waals surface area contributed by atoms with E-state index in [4.69, 9.17) is 20.4 Å². The van der Waals surface area contributed by atoms with E-state index in [2.05, 4.69) is 0 Å². The van der Waals surface area contributed by atoms with Crippen LogP contribution in [-0.2, 0) is 6.18 Å². The summed E-state index contributed by atoms with van der Waals surface area (Å²) < 4.78 is 48.9. The van der Waals surface area contributed by atoms with Crippen LogP contribution in [0.25, 0.3) is 17.4 Å².